The van der Waals surface area contributed by atoms with Gasteiger partial charge in [0.1, 0.15) is 0 Å². The molecule has 0 radical (unpaired) electrons. The van der Waals surface area contributed by atoms with Crippen LogP contribution in [0.2, 0.25) is 0 Å². The maximum absolute atomic E-state index is 11.4. The highest BCUT2D eigenvalue weighted by atomic mass is 16.1. The second-order valence-corrected chi connectivity index (χ2v) is 3.80. The fourth-order valence-electron chi connectivity index (χ4n) is 1.79. The third-order valence-corrected chi connectivity index (χ3v) is 2.65. The van der Waals surface area contributed by atoms with Gasteiger partial charge in [-0.05, 0) is 16.7 Å². The second-order valence-electron chi connectivity index (χ2n) is 3.80. The fourth-order valence-corrected chi connectivity index (χ4v) is 1.79. The molecular weight excluding hydrogens is 238 g/mol. The van der Waals surface area contributed by atoms with Crippen molar-refractivity contribution >= 4 is 17.6 Å². The number of carbonyl (C=O) groups is 1. The SMILES string of the molecule is [N-]=[N+]=N/C(=C(\C=O)c1ccccc1)c1ccccc1. The molecule has 19 heavy (non-hydrogen) atoms. The molecule has 92 valence electrons. The summed E-state index contributed by atoms with van der Waals surface area (Å²) in [5.74, 6) is 0. The minimum Gasteiger partial charge on any atom is -0.298 e. The molecule has 2 aromatic carbocycles. The Morgan fingerprint density at radius 1 is 0.947 bits per heavy atom. The van der Waals surface area contributed by atoms with Crippen LogP contribution in [-0.4, -0.2) is 6.29 Å². The summed E-state index contributed by atoms with van der Waals surface area (Å²) in [6.07, 6.45) is 0.715. The largest absolute Gasteiger partial charge is 0.298 e. The summed E-state index contributed by atoms with van der Waals surface area (Å²) < 4.78 is 0. The van der Waals surface area contributed by atoms with Gasteiger partial charge in [0, 0.05) is 10.5 Å². The number of benzene rings is 2. The van der Waals surface area contributed by atoms with E-state index < -0.39 is 0 Å². The zero-order chi connectivity index (χ0) is 13.5. The Balaban J connectivity index is 2.67. The van der Waals surface area contributed by atoms with E-state index in [9.17, 15) is 4.79 Å². The summed E-state index contributed by atoms with van der Waals surface area (Å²) in [7, 11) is 0. The van der Waals surface area contributed by atoms with E-state index in [2.05, 4.69) is 10.0 Å². The number of nitrogens with zero attached hydrogens (tertiary/aromatic N) is 3. The van der Waals surface area contributed by atoms with E-state index in [1.807, 2.05) is 36.4 Å². The van der Waals surface area contributed by atoms with E-state index in [0.29, 0.717) is 23.1 Å². The molecule has 0 aliphatic rings. The van der Waals surface area contributed by atoms with Crippen molar-refractivity contribution in [2.24, 2.45) is 5.11 Å². The molecule has 0 unspecified atom stereocenters. The molecule has 0 atom stereocenters. The zero-order valence-corrected chi connectivity index (χ0v) is 10.1. The molecule has 4 heteroatoms. The molecule has 0 saturated heterocycles. The van der Waals surface area contributed by atoms with Gasteiger partial charge >= 0.3 is 0 Å². The van der Waals surface area contributed by atoms with Gasteiger partial charge in [0.05, 0.1) is 5.70 Å². The molecule has 0 bridgehead atoms. The number of azide groups is 1. The average molecular weight is 249 g/mol. The van der Waals surface area contributed by atoms with Crippen LogP contribution in [0.15, 0.2) is 65.8 Å². The van der Waals surface area contributed by atoms with Gasteiger partial charge in [-0.2, -0.15) is 0 Å². The van der Waals surface area contributed by atoms with Crippen molar-refractivity contribution in [1.29, 1.82) is 0 Å². The summed E-state index contributed by atoms with van der Waals surface area (Å²) in [6.45, 7) is 0. The van der Waals surface area contributed by atoms with Gasteiger partial charge in [0.15, 0.2) is 6.29 Å². The van der Waals surface area contributed by atoms with Gasteiger partial charge in [-0.15, -0.1) is 0 Å². The minimum absolute atomic E-state index is 0.337. The Labute approximate surface area is 110 Å². The number of rotatable bonds is 4. The van der Waals surface area contributed by atoms with E-state index >= 15 is 0 Å². The highest BCUT2D eigenvalue weighted by molar-refractivity contribution is 6.17. The van der Waals surface area contributed by atoms with Crippen LogP contribution >= 0.6 is 0 Å². The minimum atomic E-state index is 0.337. The van der Waals surface area contributed by atoms with E-state index in [1.54, 1.807) is 24.3 Å². The van der Waals surface area contributed by atoms with Crippen molar-refractivity contribution in [3.63, 3.8) is 0 Å². The van der Waals surface area contributed by atoms with Crippen LogP contribution in [0, 0.1) is 0 Å². The van der Waals surface area contributed by atoms with Gasteiger partial charge in [-0.1, -0.05) is 65.8 Å². The molecule has 0 aromatic heterocycles. The van der Waals surface area contributed by atoms with Crippen LogP contribution in [0.25, 0.3) is 21.7 Å². The van der Waals surface area contributed by atoms with Crippen molar-refractivity contribution in [2.75, 3.05) is 0 Å². The van der Waals surface area contributed by atoms with Crippen LogP contribution < -0.4 is 0 Å². The topological polar surface area (TPSA) is 65.8 Å². The smallest absolute Gasteiger partial charge is 0.151 e. The molecule has 0 spiro atoms. The van der Waals surface area contributed by atoms with Crippen molar-refractivity contribution in [2.45, 2.75) is 0 Å². The highest BCUT2D eigenvalue weighted by Gasteiger charge is 2.09. The molecule has 0 saturated carbocycles. The van der Waals surface area contributed by atoms with Crippen molar-refractivity contribution in [1.82, 2.24) is 0 Å². The summed E-state index contributed by atoms with van der Waals surface area (Å²) in [6, 6.07) is 18.3. The second kappa shape index (κ2) is 6.19. The van der Waals surface area contributed by atoms with Crippen LogP contribution in [-0.2, 0) is 4.79 Å². The van der Waals surface area contributed by atoms with E-state index in [0.717, 1.165) is 5.56 Å². The number of aldehydes is 1. The number of hydrogen-bond acceptors (Lipinski definition) is 2. The molecule has 0 amide bonds. The lowest BCUT2D eigenvalue weighted by Gasteiger charge is -2.06. The monoisotopic (exact) mass is 249 g/mol. The van der Waals surface area contributed by atoms with Gasteiger partial charge in [0.25, 0.3) is 0 Å². The Bertz CT molecular complexity index is 642. The lowest BCUT2D eigenvalue weighted by atomic mass is 10.0. The first-order valence-electron chi connectivity index (χ1n) is 5.72. The van der Waals surface area contributed by atoms with Gasteiger partial charge in [-0.25, -0.2) is 0 Å². The van der Waals surface area contributed by atoms with Crippen LogP contribution in [0.3, 0.4) is 0 Å². The van der Waals surface area contributed by atoms with Crippen LogP contribution in [0.4, 0.5) is 0 Å². The van der Waals surface area contributed by atoms with E-state index in [4.69, 9.17) is 5.53 Å². The molecule has 0 aliphatic carbocycles. The molecular formula is C15H11N3O. The molecule has 4 nitrogen and oxygen atoms in total. The van der Waals surface area contributed by atoms with Crippen LogP contribution in [0.1, 0.15) is 11.1 Å². The standard InChI is InChI=1S/C15H11N3O/c16-18-17-15(13-9-5-2-6-10-13)14(11-19)12-7-3-1-4-8-12/h1-11H/b15-14+. The van der Waals surface area contributed by atoms with Crippen molar-refractivity contribution in [3.8, 4) is 0 Å². The van der Waals surface area contributed by atoms with Crippen molar-refractivity contribution in [3.05, 3.63) is 82.2 Å². The molecule has 2 rings (SSSR count). The number of hydrogen-bond donors (Lipinski definition) is 0. The maximum Gasteiger partial charge on any atom is 0.151 e. The molecule has 0 aliphatic heterocycles. The zero-order valence-electron chi connectivity index (χ0n) is 10.1. The molecule has 0 fully saturated rings. The van der Waals surface area contributed by atoms with Crippen LogP contribution in [0.5, 0.6) is 0 Å². The molecule has 0 heterocycles. The Morgan fingerprint density at radius 2 is 1.47 bits per heavy atom. The summed E-state index contributed by atoms with van der Waals surface area (Å²) in [4.78, 5) is 14.2. The first-order valence-corrected chi connectivity index (χ1v) is 5.72. The Kier molecular flexibility index (Phi) is 4.11. The first-order chi connectivity index (χ1) is 9.36. The number of carbonyl (C=O) groups excluding carboxylic acids is 1. The lowest BCUT2D eigenvalue weighted by molar-refractivity contribution is -0.103. The Hall–Kier alpha value is -2.84. The normalized spacial score (nSPS) is 11.2. The highest BCUT2D eigenvalue weighted by Crippen LogP contribution is 2.26. The summed E-state index contributed by atoms with van der Waals surface area (Å²) in [5.41, 5.74) is 10.9. The average Bonchev–Trinajstić information content (AvgIpc) is 2.49. The third kappa shape index (κ3) is 2.89. The van der Waals surface area contributed by atoms with Gasteiger partial charge in [-0.3, -0.25) is 4.79 Å². The predicted molar refractivity (Wildman–Crippen MR) is 74.9 cm³/mol. The van der Waals surface area contributed by atoms with Gasteiger partial charge < -0.3 is 0 Å². The third-order valence-electron chi connectivity index (χ3n) is 2.65. The molecule has 2 aromatic rings. The molecule has 0 N–H and O–H groups in total. The quantitative estimate of drug-likeness (QED) is 0.201. The van der Waals surface area contributed by atoms with Crippen molar-refractivity contribution < 1.29 is 4.79 Å². The van der Waals surface area contributed by atoms with E-state index in [1.165, 1.54) is 0 Å². The summed E-state index contributed by atoms with van der Waals surface area (Å²) >= 11 is 0. The lowest BCUT2D eigenvalue weighted by Crippen LogP contribution is -1.91. The number of allylic oxidation sites excluding steroid dienone is 1. The Morgan fingerprint density at radius 3 is 1.95 bits per heavy atom. The van der Waals surface area contributed by atoms with Gasteiger partial charge in [0.2, 0.25) is 0 Å². The van der Waals surface area contributed by atoms with E-state index in [-0.39, 0.29) is 0 Å². The summed E-state index contributed by atoms with van der Waals surface area (Å²) in [5, 5.41) is 3.67. The fraction of sp³-hybridized carbons (Fsp3) is 0. The maximum atomic E-state index is 11.4. The first kappa shape index (κ1) is 12.6. The predicted octanol–water partition coefficient (Wildman–Crippen LogP) is 4.06.